The van der Waals surface area contributed by atoms with Gasteiger partial charge < -0.3 is 9.73 Å². The fraction of sp³-hybridized carbons (Fsp3) is 0.294. The van der Waals surface area contributed by atoms with Crippen LogP contribution in [0.3, 0.4) is 0 Å². The molecular formula is C17H16BrN5O2. The molecule has 2 heterocycles. The Morgan fingerprint density at radius 3 is 2.80 bits per heavy atom. The summed E-state index contributed by atoms with van der Waals surface area (Å²) in [6.45, 7) is 3.58. The van der Waals surface area contributed by atoms with Gasteiger partial charge in [0.25, 0.3) is 5.91 Å². The van der Waals surface area contributed by atoms with E-state index in [1.165, 1.54) is 0 Å². The number of nitrogens with zero attached hydrogens (tertiary/aromatic N) is 4. The molecule has 128 valence electrons. The van der Waals surface area contributed by atoms with E-state index >= 15 is 0 Å². The molecule has 2 aromatic heterocycles. The van der Waals surface area contributed by atoms with E-state index in [1.54, 1.807) is 6.92 Å². The highest BCUT2D eigenvalue weighted by atomic mass is 79.9. The Labute approximate surface area is 152 Å². The first-order valence-corrected chi connectivity index (χ1v) is 8.79. The number of amides is 1. The minimum atomic E-state index is -0.222. The fourth-order valence-corrected chi connectivity index (χ4v) is 3.33. The predicted molar refractivity (Wildman–Crippen MR) is 95.4 cm³/mol. The van der Waals surface area contributed by atoms with E-state index in [0.29, 0.717) is 33.3 Å². The van der Waals surface area contributed by atoms with Gasteiger partial charge in [-0.25, -0.2) is 4.68 Å². The van der Waals surface area contributed by atoms with Crippen LogP contribution in [0.2, 0.25) is 0 Å². The molecule has 0 atom stereocenters. The molecule has 1 aliphatic carbocycles. The summed E-state index contributed by atoms with van der Waals surface area (Å²) in [4.78, 5) is 12.6. The standard InChI is InChI=1S/C17H16BrN5O2/c1-9-14(15(18)10(2)25-9)17(24)19-12-5-3-4-11(8-12)16-20-21-22-23(16)13-6-7-13/h3-5,8,13H,6-7H2,1-2H3,(H,19,24). The normalized spacial score (nSPS) is 13.9. The number of carbonyl (C=O) groups excluding carboxylic acids is 1. The van der Waals surface area contributed by atoms with Crippen molar-refractivity contribution in [2.24, 2.45) is 0 Å². The highest BCUT2D eigenvalue weighted by Gasteiger charge is 2.28. The van der Waals surface area contributed by atoms with E-state index in [1.807, 2.05) is 35.9 Å². The Balaban J connectivity index is 1.61. The number of anilines is 1. The molecule has 1 amide bonds. The number of tetrazole rings is 1. The van der Waals surface area contributed by atoms with Gasteiger partial charge in [-0.15, -0.1) is 5.10 Å². The third kappa shape index (κ3) is 2.97. The van der Waals surface area contributed by atoms with E-state index < -0.39 is 0 Å². The third-order valence-electron chi connectivity index (χ3n) is 4.18. The van der Waals surface area contributed by atoms with E-state index in [9.17, 15) is 4.79 Å². The van der Waals surface area contributed by atoms with Crippen molar-refractivity contribution in [3.63, 3.8) is 0 Å². The molecule has 1 aromatic carbocycles. The van der Waals surface area contributed by atoms with Gasteiger partial charge >= 0.3 is 0 Å². The van der Waals surface area contributed by atoms with E-state index in [-0.39, 0.29) is 5.91 Å². The molecule has 0 saturated heterocycles. The van der Waals surface area contributed by atoms with Crippen LogP contribution in [0.25, 0.3) is 11.4 Å². The van der Waals surface area contributed by atoms with Crippen LogP contribution in [0.15, 0.2) is 33.2 Å². The largest absolute Gasteiger partial charge is 0.465 e. The molecule has 1 fully saturated rings. The van der Waals surface area contributed by atoms with Gasteiger partial charge in [0.1, 0.15) is 11.5 Å². The average Bonchev–Trinajstić information content (AvgIpc) is 3.24. The molecule has 3 aromatic rings. The maximum atomic E-state index is 12.6. The molecule has 0 spiro atoms. The smallest absolute Gasteiger partial charge is 0.260 e. The zero-order chi connectivity index (χ0) is 17.6. The molecule has 0 aliphatic heterocycles. The number of furan rings is 1. The second-order valence-electron chi connectivity index (χ2n) is 6.12. The van der Waals surface area contributed by atoms with Gasteiger partial charge in [0, 0.05) is 11.3 Å². The number of nitrogens with one attached hydrogen (secondary N) is 1. The first-order chi connectivity index (χ1) is 12.0. The van der Waals surface area contributed by atoms with E-state index in [0.717, 1.165) is 24.2 Å². The Morgan fingerprint density at radius 2 is 2.12 bits per heavy atom. The lowest BCUT2D eigenvalue weighted by atomic mass is 10.1. The number of aromatic nitrogens is 4. The fourth-order valence-electron chi connectivity index (χ4n) is 2.79. The summed E-state index contributed by atoms with van der Waals surface area (Å²) in [5.41, 5.74) is 2.05. The molecule has 25 heavy (non-hydrogen) atoms. The highest BCUT2D eigenvalue weighted by molar-refractivity contribution is 9.10. The minimum absolute atomic E-state index is 0.222. The number of rotatable bonds is 4. The summed E-state index contributed by atoms with van der Waals surface area (Å²) >= 11 is 3.41. The SMILES string of the molecule is Cc1oc(C)c(C(=O)Nc2cccc(-c3nnnn3C3CC3)c2)c1Br. The molecular weight excluding hydrogens is 386 g/mol. The van der Waals surface area contributed by atoms with Crippen molar-refractivity contribution >= 4 is 27.5 Å². The molecule has 4 rings (SSSR count). The predicted octanol–water partition coefficient (Wildman–Crippen LogP) is 3.90. The zero-order valence-corrected chi connectivity index (χ0v) is 15.4. The lowest BCUT2D eigenvalue weighted by molar-refractivity contribution is 0.102. The molecule has 0 radical (unpaired) electrons. The van der Waals surface area contributed by atoms with Gasteiger partial charge in [-0.3, -0.25) is 4.79 Å². The maximum absolute atomic E-state index is 12.6. The Hall–Kier alpha value is -2.48. The summed E-state index contributed by atoms with van der Waals surface area (Å²) in [5.74, 6) is 1.76. The van der Waals surface area contributed by atoms with Crippen molar-refractivity contribution in [3.8, 4) is 11.4 Å². The van der Waals surface area contributed by atoms with Gasteiger partial charge in [0.2, 0.25) is 0 Å². The average molecular weight is 402 g/mol. The van der Waals surface area contributed by atoms with Crippen LogP contribution in [0, 0.1) is 13.8 Å². The number of benzene rings is 1. The van der Waals surface area contributed by atoms with Gasteiger partial charge in [-0.05, 0) is 65.2 Å². The molecule has 0 unspecified atom stereocenters. The molecule has 7 nitrogen and oxygen atoms in total. The van der Waals surface area contributed by atoms with Crippen LogP contribution in [-0.2, 0) is 0 Å². The van der Waals surface area contributed by atoms with Gasteiger partial charge in [0.05, 0.1) is 16.1 Å². The van der Waals surface area contributed by atoms with Crippen molar-refractivity contribution in [2.45, 2.75) is 32.7 Å². The van der Waals surface area contributed by atoms with Crippen molar-refractivity contribution in [2.75, 3.05) is 5.32 Å². The Morgan fingerprint density at radius 1 is 1.32 bits per heavy atom. The van der Waals surface area contributed by atoms with Gasteiger partial charge in [-0.1, -0.05) is 12.1 Å². The van der Waals surface area contributed by atoms with Crippen LogP contribution in [0.5, 0.6) is 0 Å². The van der Waals surface area contributed by atoms with Crippen LogP contribution in [0.4, 0.5) is 5.69 Å². The number of hydrogen-bond acceptors (Lipinski definition) is 5. The maximum Gasteiger partial charge on any atom is 0.260 e. The van der Waals surface area contributed by atoms with Crippen LogP contribution >= 0.6 is 15.9 Å². The molecule has 1 saturated carbocycles. The van der Waals surface area contributed by atoms with Gasteiger partial charge in [-0.2, -0.15) is 0 Å². The van der Waals surface area contributed by atoms with E-state index in [4.69, 9.17) is 4.42 Å². The Kier molecular flexibility index (Phi) is 3.91. The van der Waals surface area contributed by atoms with Crippen molar-refractivity contribution in [1.29, 1.82) is 0 Å². The summed E-state index contributed by atoms with van der Waals surface area (Å²) in [6.07, 6.45) is 2.20. The second-order valence-corrected chi connectivity index (χ2v) is 6.91. The van der Waals surface area contributed by atoms with Crippen molar-refractivity contribution in [3.05, 3.63) is 45.8 Å². The quantitative estimate of drug-likeness (QED) is 0.716. The number of halogens is 1. The first kappa shape index (κ1) is 16.0. The molecule has 8 heteroatoms. The van der Waals surface area contributed by atoms with Crippen molar-refractivity contribution in [1.82, 2.24) is 20.2 Å². The van der Waals surface area contributed by atoms with Crippen LogP contribution in [0.1, 0.15) is 40.8 Å². The number of carbonyl (C=O) groups is 1. The van der Waals surface area contributed by atoms with E-state index in [2.05, 4.69) is 36.8 Å². The lowest BCUT2D eigenvalue weighted by Crippen LogP contribution is -2.13. The first-order valence-electron chi connectivity index (χ1n) is 7.99. The molecule has 1 N–H and O–H groups in total. The summed E-state index contributed by atoms with van der Waals surface area (Å²) in [6, 6.07) is 7.90. The third-order valence-corrected chi connectivity index (χ3v) is 5.13. The number of hydrogen-bond donors (Lipinski definition) is 1. The zero-order valence-electron chi connectivity index (χ0n) is 13.8. The summed E-state index contributed by atoms with van der Waals surface area (Å²) in [7, 11) is 0. The van der Waals surface area contributed by atoms with Crippen LogP contribution < -0.4 is 5.32 Å². The Bertz CT molecular complexity index is 958. The topological polar surface area (TPSA) is 85.8 Å². The van der Waals surface area contributed by atoms with Gasteiger partial charge in [0.15, 0.2) is 5.82 Å². The number of aryl methyl sites for hydroxylation is 2. The van der Waals surface area contributed by atoms with Crippen LogP contribution in [-0.4, -0.2) is 26.1 Å². The summed E-state index contributed by atoms with van der Waals surface area (Å²) < 4.78 is 8.02. The molecule has 1 aliphatic rings. The monoisotopic (exact) mass is 401 g/mol. The summed E-state index contributed by atoms with van der Waals surface area (Å²) in [5, 5.41) is 14.9. The molecule has 0 bridgehead atoms. The second kappa shape index (κ2) is 6.11. The van der Waals surface area contributed by atoms with Crippen molar-refractivity contribution < 1.29 is 9.21 Å². The minimum Gasteiger partial charge on any atom is -0.465 e. The lowest BCUT2D eigenvalue weighted by Gasteiger charge is -2.08. The highest BCUT2D eigenvalue weighted by Crippen LogP contribution is 2.37.